The number of aromatic nitrogens is 2. The molecule has 9 heteroatoms. The maximum atomic E-state index is 15.0. The number of aliphatic hydroxyl groups is 3. The summed E-state index contributed by atoms with van der Waals surface area (Å²) in [6.07, 6.45) is 0.598. The van der Waals surface area contributed by atoms with Gasteiger partial charge in [0.05, 0.1) is 36.2 Å². The van der Waals surface area contributed by atoms with Crippen molar-refractivity contribution in [3.63, 3.8) is 0 Å². The van der Waals surface area contributed by atoms with Crippen molar-refractivity contribution in [2.45, 2.75) is 76.7 Å². The zero-order valence-corrected chi connectivity index (χ0v) is 20.9. The number of fused-ring (bicyclic) bond motifs is 5. The van der Waals surface area contributed by atoms with Crippen LogP contribution in [0.25, 0.3) is 22.3 Å². The van der Waals surface area contributed by atoms with E-state index in [2.05, 4.69) is 4.90 Å². The Morgan fingerprint density at radius 1 is 1.22 bits per heavy atom. The lowest BCUT2D eigenvalue weighted by molar-refractivity contribution is -0.236. The maximum absolute atomic E-state index is 15.0. The second-order valence-electron chi connectivity index (χ2n) is 11.0. The first kappa shape index (κ1) is 23.4. The zero-order valence-electron chi connectivity index (χ0n) is 20.9. The molecular formula is C28H30FN3O5. The first-order valence-corrected chi connectivity index (χ1v) is 13.1. The largest absolute Gasteiger partial charge is 0.392 e. The van der Waals surface area contributed by atoms with Gasteiger partial charge in [-0.3, -0.25) is 9.69 Å². The van der Waals surface area contributed by atoms with Crippen LogP contribution in [0, 0.1) is 12.7 Å². The lowest BCUT2D eigenvalue weighted by Crippen LogP contribution is -2.47. The molecule has 8 nitrogen and oxygen atoms in total. The number of ether oxygens (including phenoxy) is 1. The van der Waals surface area contributed by atoms with Crippen molar-refractivity contribution >= 4 is 10.9 Å². The Labute approximate surface area is 212 Å². The summed E-state index contributed by atoms with van der Waals surface area (Å²) in [4.78, 5) is 20.9. The average molecular weight is 508 g/mol. The summed E-state index contributed by atoms with van der Waals surface area (Å²) < 4.78 is 22.1. The van der Waals surface area contributed by atoms with Crippen molar-refractivity contribution in [3.05, 3.63) is 61.7 Å². The molecular weight excluding hydrogens is 477 g/mol. The van der Waals surface area contributed by atoms with E-state index in [1.807, 2.05) is 6.92 Å². The highest BCUT2D eigenvalue weighted by Gasteiger charge is 2.45. The Balaban J connectivity index is 1.52. The van der Waals surface area contributed by atoms with Crippen molar-refractivity contribution in [2.75, 3.05) is 13.1 Å². The van der Waals surface area contributed by atoms with Crippen molar-refractivity contribution in [3.8, 4) is 11.4 Å². The second kappa shape index (κ2) is 7.91. The molecule has 0 bridgehead atoms. The minimum Gasteiger partial charge on any atom is -0.392 e. The van der Waals surface area contributed by atoms with Gasteiger partial charge in [-0.2, -0.15) is 0 Å². The molecule has 5 heterocycles. The van der Waals surface area contributed by atoms with Gasteiger partial charge in [-0.05, 0) is 55.4 Å². The van der Waals surface area contributed by atoms with Crippen LogP contribution in [0.1, 0.15) is 65.6 Å². The molecule has 3 aliphatic heterocycles. The van der Waals surface area contributed by atoms with Crippen LogP contribution in [0.3, 0.4) is 0 Å². The minimum atomic E-state index is -1.71. The summed E-state index contributed by atoms with van der Waals surface area (Å²) in [6.45, 7) is 5.15. The molecule has 0 radical (unpaired) electrons. The van der Waals surface area contributed by atoms with Crippen LogP contribution in [0.5, 0.6) is 0 Å². The van der Waals surface area contributed by atoms with Crippen LogP contribution in [0.4, 0.5) is 4.39 Å². The maximum Gasteiger partial charge on any atom is 0.257 e. The molecule has 37 heavy (non-hydrogen) atoms. The summed E-state index contributed by atoms with van der Waals surface area (Å²) in [5.41, 5.74) is 4.07. The van der Waals surface area contributed by atoms with Gasteiger partial charge in [-0.15, -0.1) is 0 Å². The fourth-order valence-electron chi connectivity index (χ4n) is 7.06. The number of rotatable bonds is 2. The second-order valence-corrected chi connectivity index (χ2v) is 11.0. The summed E-state index contributed by atoms with van der Waals surface area (Å²) >= 11 is 0. The predicted molar refractivity (Wildman–Crippen MR) is 133 cm³/mol. The number of hydrogen-bond acceptors (Lipinski definition) is 7. The molecule has 1 aliphatic carbocycles. The van der Waals surface area contributed by atoms with Crippen LogP contribution < -0.4 is 5.56 Å². The lowest BCUT2D eigenvalue weighted by atomic mass is 9.81. The number of pyridine rings is 2. The van der Waals surface area contributed by atoms with Crippen LogP contribution in [-0.2, 0) is 29.9 Å². The Bertz CT molecular complexity index is 1550. The Morgan fingerprint density at radius 3 is 2.76 bits per heavy atom. The molecule has 194 valence electrons. The Kier molecular flexibility index (Phi) is 5.01. The van der Waals surface area contributed by atoms with Crippen molar-refractivity contribution in [2.24, 2.45) is 0 Å². The van der Waals surface area contributed by atoms with Gasteiger partial charge >= 0.3 is 0 Å². The molecule has 1 aromatic carbocycles. The Morgan fingerprint density at radius 2 is 2.03 bits per heavy atom. The first-order chi connectivity index (χ1) is 17.7. The number of halogens is 1. The van der Waals surface area contributed by atoms with Crippen LogP contribution >= 0.6 is 0 Å². The summed E-state index contributed by atoms with van der Waals surface area (Å²) in [5, 5.41) is 33.0. The van der Waals surface area contributed by atoms with Crippen molar-refractivity contribution < 1.29 is 24.4 Å². The molecule has 0 saturated carbocycles. The van der Waals surface area contributed by atoms with Crippen molar-refractivity contribution in [1.82, 2.24) is 14.5 Å². The molecule has 4 aliphatic rings. The third kappa shape index (κ3) is 3.06. The molecule has 1 saturated heterocycles. The number of β-amino-alcohol motifs (C(OH)–C–C–N with tert-alkyl or cyclic N) is 1. The highest BCUT2D eigenvalue weighted by Crippen LogP contribution is 2.48. The van der Waals surface area contributed by atoms with Gasteiger partial charge in [0.15, 0.2) is 6.29 Å². The van der Waals surface area contributed by atoms with Gasteiger partial charge in [0.25, 0.3) is 5.56 Å². The highest BCUT2D eigenvalue weighted by atomic mass is 19.1. The SMILES string of the molecule is CC[C@]1(O)c2cc3n(c(=O)c2COC1O)Cc1c-3nc2cc(F)c(C)c3c2c1[C@@H](N1CCC(O)C1)CC3. The molecule has 0 amide bonds. The quantitative estimate of drug-likeness (QED) is 0.382. The highest BCUT2D eigenvalue weighted by molar-refractivity contribution is 5.93. The number of benzene rings is 1. The smallest absolute Gasteiger partial charge is 0.257 e. The first-order valence-electron chi connectivity index (χ1n) is 13.1. The number of aliphatic hydroxyl groups excluding tert-OH is 2. The molecule has 0 spiro atoms. The van der Waals surface area contributed by atoms with E-state index >= 15 is 4.39 Å². The molecule has 3 N–H and O–H groups in total. The molecule has 2 unspecified atom stereocenters. The molecule has 4 atom stereocenters. The summed E-state index contributed by atoms with van der Waals surface area (Å²) in [7, 11) is 0. The van der Waals surface area contributed by atoms with E-state index in [0.717, 1.165) is 41.5 Å². The molecule has 3 aromatic rings. The number of nitrogens with zero attached hydrogens (tertiary/aromatic N) is 3. The molecule has 1 fully saturated rings. The van der Waals surface area contributed by atoms with Gasteiger partial charge in [0.2, 0.25) is 0 Å². The van der Waals surface area contributed by atoms with Crippen LogP contribution in [-0.4, -0.2) is 55.3 Å². The fraction of sp³-hybridized carbons (Fsp3) is 0.500. The van der Waals surface area contributed by atoms with E-state index in [1.54, 1.807) is 17.6 Å². The van der Waals surface area contributed by atoms with E-state index in [1.165, 1.54) is 6.07 Å². The van der Waals surface area contributed by atoms with Gasteiger partial charge in [0, 0.05) is 47.3 Å². The van der Waals surface area contributed by atoms with Gasteiger partial charge in [-0.1, -0.05) is 6.92 Å². The van der Waals surface area contributed by atoms with Gasteiger partial charge in [0.1, 0.15) is 11.4 Å². The number of likely N-dealkylation sites (tertiary alicyclic amines) is 1. The van der Waals surface area contributed by atoms with Crippen molar-refractivity contribution in [1.29, 1.82) is 0 Å². The normalized spacial score (nSPS) is 28.4. The fourth-order valence-corrected chi connectivity index (χ4v) is 7.06. The van der Waals surface area contributed by atoms with E-state index in [0.29, 0.717) is 53.1 Å². The van der Waals surface area contributed by atoms with E-state index < -0.39 is 11.9 Å². The zero-order chi connectivity index (χ0) is 25.8. The Hall–Kier alpha value is -2.69. The molecule has 7 rings (SSSR count). The van der Waals surface area contributed by atoms with Gasteiger partial charge < -0.3 is 24.6 Å². The van der Waals surface area contributed by atoms with E-state index in [-0.39, 0.29) is 36.5 Å². The van der Waals surface area contributed by atoms with E-state index in [9.17, 15) is 20.1 Å². The third-order valence-electron chi connectivity index (χ3n) is 9.14. The summed E-state index contributed by atoms with van der Waals surface area (Å²) in [6, 6.07) is 3.27. The standard InChI is InChI=1S/C28H30FN3O5/c1-3-28(36)18-8-22-25-16(11-32(22)26(34)17(18)12-37-27(28)35)24-21(31-7-6-14(33)10-31)5-4-15-13(2)19(29)9-20(30-25)23(15)24/h8-9,14,21,27,33,35-36H,3-7,10-12H2,1-2H3/t14?,21-,27?,28-/m0/s1. The minimum absolute atomic E-state index is 0.0335. The number of hydrogen-bond donors (Lipinski definition) is 3. The summed E-state index contributed by atoms with van der Waals surface area (Å²) in [5.74, 6) is -0.294. The predicted octanol–water partition coefficient (Wildman–Crippen LogP) is 2.37. The van der Waals surface area contributed by atoms with Crippen LogP contribution in [0.2, 0.25) is 0 Å². The lowest BCUT2D eigenvalue weighted by Gasteiger charge is -2.37. The van der Waals surface area contributed by atoms with Crippen LogP contribution in [0.15, 0.2) is 16.9 Å². The number of aryl methyl sites for hydroxylation is 1. The molecule has 2 aromatic heterocycles. The third-order valence-corrected chi connectivity index (χ3v) is 9.14. The van der Waals surface area contributed by atoms with Gasteiger partial charge in [-0.25, -0.2) is 9.37 Å². The van der Waals surface area contributed by atoms with E-state index in [4.69, 9.17) is 9.72 Å². The average Bonchev–Trinajstić information content (AvgIpc) is 3.48. The monoisotopic (exact) mass is 507 g/mol. The topological polar surface area (TPSA) is 108 Å².